The van der Waals surface area contributed by atoms with Crippen molar-refractivity contribution in [3.63, 3.8) is 0 Å². The maximum absolute atomic E-state index is 5.75. The van der Waals surface area contributed by atoms with Crippen LogP contribution in [-0.4, -0.2) is 15.0 Å². The van der Waals surface area contributed by atoms with E-state index in [1.807, 2.05) is 42.9 Å². The molecule has 0 bridgehead atoms. The average molecular weight is 352 g/mol. The number of hydrogen-bond donors (Lipinski definition) is 1. The zero-order chi connectivity index (χ0) is 18.5. The maximum atomic E-state index is 5.75. The third kappa shape index (κ3) is 3.85. The predicted molar refractivity (Wildman–Crippen MR) is 108 cm³/mol. The van der Waals surface area contributed by atoms with Crippen LogP contribution in [0, 0.1) is 0 Å². The zero-order valence-electron chi connectivity index (χ0n) is 14.9. The molecule has 0 unspecified atom stereocenters. The van der Waals surface area contributed by atoms with Crippen molar-refractivity contribution in [2.45, 2.75) is 12.3 Å². The molecule has 132 valence electrons. The number of nitrogens with zero attached hydrogens (tertiary/aromatic N) is 3. The molecule has 0 aliphatic rings. The molecule has 0 saturated carbocycles. The fourth-order valence-electron chi connectivity index (χ4n) is 3.36. The summed E-state index contributed by atoms with van der Waals surface area (Å²) in [5, 5.41) is 0. The number of nitrogens with two attached hydrogens (primary N) is 1. The van der Waals surface area contributed by atoms with Crippen LogP contribution in [0.5, 0.6) is 0 Å². The van der Waals surface area contributed by atoms with Crippen molar-refractivity contribution in [1.29, 1.82) is 0 Å². The smallest absolute Gasteiger partial charge is 0.123 e. The molecule has 4 nitrogen and oxygen atoms in total. The maximum Gasteiger partial charge on any atom is 0.123 e. The third-order valence-corrected chi connectivity index (χ3v) is 4.71. The number of anilines is 1. The highest BCUT2D eigenvalue weighted by atomic mass is 14.8. The van der Waals surface area contributed by atoms with E-state index in [1.54, 1.807) is 12.4 Å². The molecular weight excluding hydrogens is 332 g/mol. The molecule has 0 saturated heterocycles. The molecule has 2 N–H and O–H groups in total. The van der Waals surface area contributed by atoms with Crippen LogP contribution >= 0.6 is 0 Å². The van der Waals surface area contributed by atoms with Gasteiger partial charge in [-0.25, -0.2) is 4.98 Å². The Morgan fingerprint density at radius 1 is 0.741 bits per heavy atom. The van der Waals surface area contributed by atoms with Gasteiger partial charge in [0.05, 0.1) is 0 Å². The molecule has 3 heterocycles. The molecule has 0 spiro atoms. The monoisotopic (exact) mass is 352 g/mol. The molecule has 3 aromatic heterocycles. The second-order valence-corrected chi connectivity index (χ2v) is 6.46. The first kappa shape index (κ1) is 16.9. The minimum Gasteiger partial charge on any atom is -0.384 e. The molecule has 1 aromatic carbocycles. The number of rotatable bonds is 5. The fourth-order valence-corrected chi connectivity index (χ4v) is 3.36. The first-order valence-electron chi connectivity index (χ1n) is 8.91. The van der Waals surface area contributed by atoms with Gasteiger partial charge in [-0.15, -0.1) is 0 Å². The quantitative estimate of drug-likeness (QED) is 0.574. The Hall–Kier alpha value is -3.53. The van der Waals surface area contributed by atoms with Crippen molar-refractivity contribution in [1.82, 2.24) is 15.0 Å². The molecule has 0 fully saturated rings. The van der Waals surface area contributed by atoms with Crippen LogP contribution in [0.25, 0.3) is 11.1 Å². The lowest BCUT2D eigenvalue weighted by atomic mass is 9.85. The summed E-state index contributed by atoms with van der Waals surface area (Å²) in [7, 11) is 0. The fraction of sp³-hybridized carbons (Fsp3) is 0.0870. The van der Waals surface area contributed by atoms with Crippen LogP contribution in [0.1, 0.15) is 22.6 Å². The first-order chi connectivity index (χ1) is 13.3. The topological polar surface area (TPSA) is 64.7 Å². The lowest BCUT2D eigenvalue weighted by Gasteiger charge is -2.19. The largest absolute Gasteiger partial charge is 0.384 e. The van der Waals surface area contributed by atoms with E-state index in [4.69, 9.17) is 5.73 Å². The molecule has 0 radical (unpaired) electrons. The van der Waals surface area contributed by atoms with E-state index < -0.39 is 0 Å². The van der Waals surface area contributed by atoms with Crippen molar-refractivity contribution in [2.24, 2.45) is 0 Å². The van der Waals surface area contributed by atoms with Gasteiger partial charge in [-0.05, 0) is 52.9 Å². The standard InChI is InChI=1S/C23H20N4/c24-23-10-9-20(16-27-23)21-8-2-1-5-17(21)13-22(18-6-3-11-25-14-18)19-7-4-12-26-15-19/h1-12,14-16,22H,13H2,(H2,24,27). The van der Waals surface area contributed by atoms with Crippen molar-refractivity contribution in [3.8, 4) is 11.1 Å². The Labute approximate surface area is 158 Å². The third-order valence-electron chi connectivity index (χ3n) is 4.71. The molecule has 4 aromatic rings. The molecule has 27 heavy (non-hydrogen) atoms. The van der Waals surface area contributed by atoms with E-state index in [-0.39, 0.29) is 5.92 Å². The van der Waals surface area contributed by atoms with E-state index >= 15 is 0 Å². The summed E-state index contributed by atoms with van der Waals surface area (Å²) >= 11 is 0. The van der Waals surface area contributed by atoms with Gasteiger partial charge < -0.3 is 5.73 Å². The second-order valence-electron chi connectivity index (χ2n) is 6.46. The molecule has 0 atom stereocenters. The van der Waals surface area contributed by atoms with Crippen molar-refractivity contribution in [3.05, 3.63) is 108 Å². The van der Waals surface area contributed by atoms with Crippen molar-refractivity contribution in [2.75, 3.05) is 5.73 Å². The summed E-state index contributed by atoms with van der Waals surface area (Å²) < 4.78 is 0. The predicted octanol–water partition coefficient (Wildman–Crippen LogP) is 4.50. The minimum atomic E-state index is 0.176. The Bertz CT molecular complexity index is 960. The van der Waals surface area contributed by atoms with Crippen LogP contribution in [0.2, 0.25) is 0 Å². The highest BCUT2D eigenvalue weighted by molar-refractivity contribution is 5.67. The Morgan fingerprint density at radius 2 is 1.44 bits per heavy atom. The SMILES string of the molecule is Nc1ccc(-c2ccccc2CC(c2cccnc2)c2cccnc2)cn1. The van der Waals surface area contributed by atoms with Crippen LogP contribution in [-0.2, 0) is 6.42 Å². The summed E-state index contributed by atoms with van der Waals surface area (Å²) in [5.41, 5.74) is 11.6. The molecular formula is C23H20N4. The number of hydrogen-bond acceptors (Lipinski definition) is 4. The summed E-state index contributed by atoms with van der Waals surface area (Å²) in [6.07, 6.45) is 10.2. The van der Waals surface area contributed by atoms with Gasteiger partial charge in [-0.1, -0.05) is 36.4 Å². The molecule has 0 aliphatic heterocycles. The average Bonchev–Trinajstić information content (AvgIpc) is 2.74. The summed E-state index contributed by atoms with van der Waals surface area (Å²) in [6, 6.07) is 20.5. The second kappa shape index (κ2) is 7.79. The highest BCUT2D eigenvalue weighted by Crippen LogP contribution is 2.32. The number of aromatic nitrogens is 3. The van der Waals surface area contributed by atoms with Gasteiger partial charge in [-0.3, -0.25) is 9.97 Å². The molecule has 0 amide bonds. The summed E-state index contributed by atoms with van der Waals surface area (Å²) in [6.45, 7) is 0. The van der Waals surface area contributed by atoms with Gasteiger partial charge in [0.15, 0.2) is 0 Å². The van der Waals surface area contributed by atoms with Gasteiger partial charge in [-0.2, -0.15) is 0 Å². The van der Waals surface area contributed by atoms with Gasteiger partial charge >= 0.3 is 0 Å². The van der Waals surface area contributed by atoms with Crippen molar-refractivity contribution >= 4 is 5.82 Å². The lowest BCUT2D eigenvalue weighted by Crippen LogP contribution is -2.07. The van der Waals surface area contributed by atoms with Crippen LogP contribution in [0.15, 0.2) is 91.6 Å². The summed E-state index contributed by atoms with van der Waals surface area (Å²) in [4.78, 5) is 12.9. The van der Waals surface area contributed by atoms with Crippen molar-refractivity contribution < 1.29 is 0 Å². The van der Waals surface area contributed by atoms with Gasteiger partial charge in [0.1, 0.15) is 5.82 Å². The Balaban J connectivity index is 1.75. The number of pyridine rings is 3. The van der Waals surface area contributed by atoms with Crippen LogP contribution in [0.3, 0.4) is 0 Å². The van der Waals surface area contributed by atoms with Gasteiger partial charge in [0.25, 0.3) is 0 Å². The highest BCUT2D eigenvalue weighted by Gasteiger charge is 2.17. The van der Waals surface area contributed by atoms with E-state index in [0.717, 1.165) is 12.0 Å². The van der Waals surface area contributed by atoms with E-state index in [1.165, 1.54) is 22.3 Å². The molecule has 4 heteroatoms. The Kier molecular flexibility index (Phi) is 4.88. The first-order valence-corrected chi connectivity index (χ1v) is 8.91. The Morgan fingerprint density at radius 3 is 2.04 bits per heavy atom. The van der Waals surface area contributed by atoms with Gasteiger partial charge in [0, 0.05) is 42.5 Å². The zero-order valence-corrected chi connectivity index (χ0v) is 14.9. The van der Waals surface area contributed by atoms with Crippen LogP contribution in [0.4, 0.5) is 5.82 Å². The van der Waals surface area contributed by atoms with Crippen LogP contribution < -0.4 is 5.73 Å². The molecule has 0 aliphatic carbocycles. The number of nitrogen functional groups attached to an aromatic ring is 1. The normalized spacial score (nSPS) is 10.9. The lowest BCUT2D eigenvalue weighted by molar-refractivity contribution is 0.795. The van der Waals surface area contributed by atoms with E-state index in [9.17, 15) is 0 Å². The summed E-state index contributed by atoms with van der Waals surface area (Å²) in [5.74, 6) is 0.704. The minimum absolute atomic E-state index is 0.176. The van der Waals surface area contributed by atoms with E-state index in [2.05, 4.69) is 51.4 Å². The van der Waals surface area contributed by atoms with Gasteiger partial charge in [0.2, 0.25) is 0 Å². The number of benzene rings is 1. The van der Waals surface area contributed by atoms with E-state index in [0.29, 0.717) is 5.82 Å². The molecule has 4 rings (SSSR count).